The fourth-order valence-corrected chi connectivity index (χ4v) is 3.47. The van der Waals surface area contributed by atoms with Gasteiger partial charge in [0, 0.05) is 18.5 Å². The van der Waals surface area contributed by atoms with Crippen LogP contribution in [0.25, 0.3) is 0 Å². The molecule has 0 radical (unpaired) electrons. The summed E-state index contributed by atoms with van der Waals surface area (Å²) in [6, 6.07) is 8.21. The van der Waals surface area contributed by atoms with Crippen molar-refractivity contribution in [1.82, 2.24) is 10.1 Å². The number of benzene rings is 1. The number of ether oxygens (including phenoxy) is 1. The van der Waals surface area contributed by atoms with Crippen molar-refractivity contribution in [2.24, 2.45) is 0 Å². The minimum atomic E-state index is 0.174. The Morgan fingerprint density at radius 3 is 2.71 bits per heavy atom. The number of methoxy groups -OCH3 is 1. The molecule has 1 amide bonds. The van der Waals surface area contributed by atoms with Gasteiger partial charge in [-0.15, -0.1) is 0 Å². The standard InChI is InChI=1S/C19H24N2O3/c1-13-17(14(2)24-20-13)10-11-19(22)21-12-4-5-18(21)15-6-8-16(23-3)9-7-15/h6-9,18H,4-5,10-12H2,1-3H3/t18-/m0/s1. The van der Waals surface area contributed by atoms with Gasteiger partial charge in [-0.25, -0.2) is 0 Å². The predicted molar refractivity (Wildman–Crippen MR) is 91.0 cm³/mol. The molecule has 1 saturated heterocycles. The Morgan fingerprint density at radius 1 is 1.33 bits per heavy atom. The number of rotatable bonds is 5. The number of aryl methyl sites for hydroxylation is 2. The summed E-state index contributed by atoms with van der Waals surface area (Å²) in [6.45, 7) is 4.65. The molecule has 5 heteroatoms. The summed E-state index contributed by atoms with van der Waals surface area (Å²) < 4.78 is 10.4. The molecule has 0 aliphatic carbocycles. The fourth-order valence-electron chi connectivity index (χ4n) is 3.47. The molecule has 1 aliphatic heterocycles. The van der Waals surface area contributed by atoms with E-state index in [-0.39, 0.29) is 11.9 Å². The highest BCUT2D eigenvalue weighted by Gasteiger charge is 2.29. The monoisotopic (exact) mass is 328 g/mol. The van der Waals surface area contributed by atoms with Gasteiger partial charge in [0.1, 0.15) is 11.5 Å². The van der Waals surface area contributed by atoms with Gasteiger partial charge in [-0.3, -0.25) is 4.79 Å². The molecule has 0 saturated carbocycles. The normalized spacial score (nSPS) is 17.3. The second kappa shape index (κ2) is 7.07. The van der Waals surface area contributed by atoms with E-state index in [1.807, 2.05) is 30.9 Å². The van der Waals surface area contributed by atoms with Crippen LogP contribution >= 0.6 is 0 Å². The second-order valence-corrected chi connectivity index (χ2v) is 6.32. The quantitative estimate of drug-likeness (QED) is 0.841. The molecule has 2 aromatic rings. The van der Waals surface area contributed by atoms with Crippen molar-refractivity contribution in [3.8, 4) is 5.75 Å². The molecule has 0 spiro atoms. The number of amides is 1. The lowest BCUT2D eigenvalue weighted by Crippen LogP contribution is -2.30. The fraction of sp³-hybridized carbons (Fsp3) is 0.474. The Bertz CT molecular complexity index is 686. The maximum atomic E-state index is 12.7. The van der Waals surface area contributed by atoms with Crippen molar-refractivity contribution in [1.29, 1.82) is 0 Å². The second-order valence-electron chi connectivity index (χ2n) is 6.32. The van der Waals surface area contributed by atoms with E-state index in [1.165, 1.54) is 5.56 Å². The number of hydrogen-bond donors (Lipinski definition) is 0. The Morgan fingerprint density at radius 2 is 2.08 bits per heavy atom. The van der Waals surface area contributed by atoms with E-state index in [0.29, 0.717) is 12.8 Å². The maximum Gasteiger partial charge on any atom is 0.223 e. The van der Waals surface area contributed by atoms with Gasteiger partial charge in [0.05, 0.1) is 18.8 Å². The maximum absolute atomic E-state index is 12.7. The first kappa shape index (κ1) is 16.6. The van der Waals surface area contributed by atoms with Crippen molar-refractivity contribution in [2.75, 3.05) is 13.7 Å². The number of nitrogens with zero attached hydrogens (tertiary/aromatic N) is 2. The Balaban J connectivity index is 1.67. The molecule has 5 nitrogen and oxygen atoms in total. The zero-order valence-corrected chi connectivity index (χ0v) is 14.5. The molecule has 0 bridgehead atoms. The van der Waals surface area contributed by atoms with Gasteiger partial charge in [0.2, 0.25) is 5.91 Å². The van der Waals surface area contributed by atoms with Gasteiger partial charge in [-0.05, 0) is 50.8 Å². The largest absolute Gasteiger partial charge is 0.497 e. The van der Waals surface area contributed by atoms with Gasteiger partial charge < -0.3 is 14.2 Å². The molecule has 1 aromatic heterocycles. The zero-order chi connectivity index (χ0) is 17.1. The van der Waals surface area contributed by atoms with Gasteiger partial charge in [0.15, 0.2) is 0 Å². The number of carbonyl (C=O) groups is 1. The lowest BCUT2D eigenvalue weighted by molar-refractivity contribution is -0.132. The average Bonchev–Trinajstić information content (AvgIpc) is 3.20. The first-order valence-electron chi connectivity index (χ1n) is 8.45. The van der Waals surface area contributed by atoms with Crippen LogP contribution in [0.2, 0.25) is 0 Å². The first-order chi connectivity index (χ1) is 11.6. The topological polar surface area (TPSA) is 55.6 Å². The van der Waals surface area contributed by atoms with Gasteiger partial charge >= 0.3 is 0 Å². The average molecular weight is 328 g/mol. The number of likely N-dealkylation sites (tertiary alicyclic amines) is 1. The minimum Gasteiger partial charge on any atom is -0.497 e. The summed E-state index contributed by atoms with van der Waals surface area (Å²) in [5, 5.41) is 3.96. The van der Waals surface area contributed by atoms with Crippen LogP contribution in [0, 0.1) is 13.8 Å². The van der Waals surface area contributed by atoms with E-state index in [1.54, 1.807) is 7.11 Å². The molecule has 1 aromatic carbocycles. The molecular formula is C19H24N2O3. The number of carbonyl (C=O) groups excluding carboxylic acids is 1. The summed E-state index contributed by atoms with van der Waals surface area (Å²) in [5.74, 6) is 1.86. The van der Waals surface area contributed by atoms with Crippen LogP contribution in [-0.4, -0.2) is 29.6 Å². The van der Waals surface area contributed by atoms with Crippen molar-refractivity contribution in [3.63, 3.8) is 0 Å². The van der Waals surface area contributed by atoms with E-state index in [4.69, 9.17) is 9.26 Å². The van der Waals surface area contributed by atoms with E-state index in [0.717, 1.165) is 42.2 Å². The number of hydrogen-bond acceptors (Lipinski definition) is 4. The van der Waals surface area contributed by atoms with Crippen molar-refractivity contribution >= 4 is 5.91 Å². The first-order valence-corrected chi connectivity index (χ1v) is 8.45. The van der Waals surface area contributed by atoms with E-state index >= 15 is 0 Å². The highest BCUT2D eigenvalue weighted by Crippen LogP contribution is 2.33. The lowest BCUT2D eigenvalue weighted by atomic mass is 10.0. The van der Waals surface area contributed by atoms with E-state index < -0.39 is 0 Å². The molecule has 2 heterocycles. The molecule has 0 N–H and O–H groups in total. The smallest absolute Gasteiger partial charge is 0.223 e. The van der Waals surface area contributed by atoms with Gasteiger partial charge in [-0.2, -0.15) is 0 Å². The van der Waals surface area contributed by atoms with Crippen LogP contribution in [0.15, 0.2) is 28.8 Å². The van der Waals surface area contributed by atoms with Crippen LogP contribution in [0.3, 0.4) is 0 Å². The summed E-state index contributed by atoms with van der Waals surface area (Å²) >= 11 is 0. The van der Waals surface area contributed by atoms with Crippen LogP contribution < -0.4 is 4.74 Å². The lowest BCUT2D eigenvalue weighted by Gasteiger charge is -2.25. The summed E-state index contributed by atoms with van der Waals surface area (Å²) in [5.41, 5.74) is 3.12. The predicted octanol–water partition coefficient (Wildman–Crippen LogP) is 3.60. The number of aromatic nitrogens is 1. The van der Waals surface area contributed by atoms with Crippen LogP contribution in [0.1, 0.15) is 47.9 Å². The van der Waals surface area contributed by atoms with Crippen molar-refractivity contribution in [3.05, 3.63) is 46.8 Å². The van der Waals surface area contributed by atoms with Crippen LogP contribution in [-0.2, 0) is 11.2 Å². The SMILES string of the molecule is COc1ccc([C@@H]2CCCN2C(=O)CCc2c(C)noc2C)cc1. The molecule has 0 unspecified atom stereocenters. The Kier molecular flexibility index (Phi) is 4.88. The van der Waals surface area contributed by atoms with Crippen LogP contribution in [0.4, 0.5) is 0 Å². The van der Waals surface area contributed by atoms with E-state index in [9.17, 15) is 4.79 Å². The summed E-state index contributed by atoms with van der Waals surface area (Å²) in [4.78, 5) is 14.7. The van der Waals surface area contributed by atoms with Crippen molar-refractivity contribution < 1.29 is 14.1 Å². The molecule has 1 fully saturated rings. The van der Waals surface area contributed by atoms with E-state index in [2.05, 4.69) is 17.3 Å². The zero-order valence-electron chi connectivity index (χ0n) is 14.5. The third-order valence-corrected chi connectivity index (χ3v) is 4.84. The minimum absolute atomic E-state index is 0.174. The van der Waals surface area contributed by atoms with Crippen LogP contribution in [0.5, 0.6) is 5.75 Å². The van der Waals surface area contributed by atoms with Crippen molar-refractivity contribution in [2.45, 2.75) is 45.6 Å². The molecule has 1 atom stereocenters. The van der Waals surface area contributed by atoms with Gasteiger partial charge in [0.25, 0.3) is 0 Å². The highest BCUT2D eigenvalue weighted by molar-refractivity contribution is 5.77. The molecular weight excluding hydrogens is 304 g/mol. The Labute approximate surface area is 142 Å². The summed E-state index contributed by atoms with van der Waals surface area (Å²) in [7, 11) is 1.66. The molecule has 128 valence electrons. The summed E-state index contributed by atoms with van der Waals surface area (Å²) in [6.07, 6.45) is 3.25. The van der Waals surface area contributed by atoms with Gasteiger partial charge in [-0.1, -0.05) is 17.3 Å². The third kappa shape index (κ3) is 3.30. The third-order valence-electron chi connectivity index (χ3n) is 4.84. The molecule has 1 aliphatic rings. The highest BCUT2D eigenvalue weighted by atomic mass is 16.5. The molecule has 24 heavy (non-hydrogen) atoms. The molecule has 3 rings (SSSR count). The Hall–Kier alpha value is -2.30.